The van der Waals surface area contributed by atoms with Crippen molar-refractivity contribution >= 4 is 0 Å². The summed E-state index contributed by atoms with van der Waals surface area (Å²) in [6.45, 7) is 9.09. The van der Waals surface area contributed by atoms with E-state index in [4.69, 9.17) is 0 Å². The Kier molecular flexibility index (Phi) is 9.78. The molecule has 0 spiro atoms. The summed E-state index contributed by atoms with van der Waals surface area (Å²) in [5.41, 5.74) is 7.37. The molecule has 3 aromatic rings. The molecular weight excluding hydrogens is 502 g/mol. The van der Waals surface area contributed by atoms with Crippen LogP contribution in [0.15, 0.2) is 91.0 Å². The van der Waals surface area contributed by atoms with Crippen LogP contribution in [0.2, 0.25) is 0 Å². The fourth-order valence-corrected chi connectivity index (χ4v) is 6.32. The second-order valence-corrected chi connectivity index (χ2v) is 12.2. The van der Waals surface area contributed by atoms with E-state index < -0.39 is 12.2 Å². The van der Waals surface area contributed by atoms with Gasteiger partial charge >= 0.3 is 0 Å². The summed E-state index contributed by atoms with van der Waals surface area (Å²) in [6.07, 6.45) is 5.95. The summed E-state index contributed by atoms with van der Waals surface area (Å²) < 4.78 is 0. The predicted molar refractivity (Wildman–Crippen MR) is 169 cm³/mol. The van der Waals surface area contributed by atoms with Gasteiger partial charge in [-0.2, -0.15) is 0 Å². The molecule has 0 bridgehead atoms. The Morgan fingerprint density at radius 1 is 0.878 bits per heavy atom. The van der Waals surface area contributed by atoms with Crippen LogP contribution in [0.1, 0.15) is 79.7 Å². The Morgan fingerprint density at radius 2 is 1.51 bits per heavy atom. The molecule has 1 aliphatic heterocycles. The van der Waals surface area contributed by atoms with Crippen molar-refractivity contribution in [1.29, 1.82) is 0 Å². The lowest BCUT2D eigenvalue weighted by atomic mass is 9.73. The first-order chi connectivity index (χ1) is 19.9. The third-order valence-electron chi connectivity index (χ3n) is 9.06. The lowest BCUT2D eigenvalue weighted by Crippen LogP contribution is -2.63. The van der Waals surface area contributed by atoms with Gasteiger partial charge in [-0.05, 0) is 98.7 Å². The summed E-state index contributed by atoms with van der Waals surface area (Å²) >= 11 is 0. The number of β-amino-alcohol motifs (C(OH)–C–C–N with tert-alkyl or cyclic N) is 1. The molecule has 2 N–H and O–H groups in total. The van der Waals surface area contributed by atoms with Crippen molar-refractivity contribution in [2.45, 2.75) is 89.0 Å². The normalized spacial score (nSPS) is 21.8. The molecular formula is C38H45NO2. The van der Waals surface area contributed by atoms with Crippen LogP contribution >= 0.6 is 0 Å². The maximum atomic E-state index is 10.7. The SMILES string of the molecule is C=C(CCC1[C@@H](c2ccc(C#Cc3ccccc3)cc2)[C@@H](C)N1CC(O)C(O)CC)Cc1ccc(CC2CC2)cc1. The Balaban J connectivity index is 1.23. The van der Waals surface area contributed by atoms with Gasteiger partial charge in [-0.25, -0.2) is 0 Å². The highest BCUT2D eigenvalue weighted by Gasteiger charge is 2.46. The predicted octanol–water partition coefficient (Wildman–Crippen LogP) is 6.91. The lowest BCUT2D eigenvalue weighted by molar-refractivity contribution is -0.0712. The first-order valence-corrected chi connectivity index (χ1v) is 15.4. The van der Waals surface area contributed by atoms with E-state index in [0.717, 1.165) is 36.3 Å². The van der Waals surface area contributed by atoms with E-state index in [9.17, 15) is 10.2 Å². The molecule has 0 radical (unpaired) electrons. The third kappa shape index (κ3) is 7.77. The van der Waals surface area contributed by atoms with Crippen LogP contribution in [0.4, 0.5) is 0 Å². The van der Waals surface area contributed by atoms with E-state index in [0.29, 0.717) is 24.9 Å². The van der Waals surface area contributed by atoms with Crippen molar-refractivity contribution in [1.82, 2.24) is 4.90 Å². The Hall–Kier alpha value is -3.16. The minimum atomic E-state index is -0.737. The van der Waals surface area contributed by atoms with Gasteiger partial charge in [0.25, 0.3) is 0 Å². The maximum absolute atomic E-state index is 10.7. The Bertz CT molecular complexity index is 1330. The highest BCUT2D eigenvalue weighted by Crippen LogP contribution is 2.43. The molecule has 3 aromatic carbocycles. The minimum absolute atomic E-state index is 0.284. The summed E-state index contributed by atoms with van der Waals surface area (Å²) in [5.74, 6) is 7.81. The fraction of sp³-hybridized carbons (Fsp3) is 0.421. The molecule has 2 aliphatic rings. The molecule has 41 heavy (non-hydrogen) atoms. The second-order valence-electron chi connectivity index (χ2n) is 12.2. The summed E-state index contributed by atoms with van der Waals surface area (Å²) in [6, 6.07) is 28.5. The first-order valence-electron chi connectivity index (χ1n) is 15.4. The monoisotopic (exact) mass is 547 g/mol. The van der Waals surface area contributed by atoms with Crippen molar-refractivity contribution in [3.05, 3.63) is 119 Å². The molecule has 2 fully saturated rings. The smallest absolute Gasteiger partial charge is 0.0925 e. The van der Waals surface area contributed by atoms with Gasteiger partial charge in [0.2, 0.25) is 0 Å². The average molecular weight is 548 g/mol. The number of allylic oxidation sites excluding steroid dienone is 1. The Labute approximate surface area is 246 Å². The Morgan fingerprint density at radius 3 is 2.15 bits per heavy atom. The van der Waals surface area contributed by atoms with Gasteiger partial charge in [-0.15, -0.1) is 0 Å². The highest BCUT2D eigenvalue weighted by atomic mass is 16.3. The number of rotatable bonds is 12. The molecule has 1 saturated carbocycles. The van der Waals surface area contributed by atoms with Crippen molar-refractivity contribution in [2.24, 2.45) is 5.92 Å². The zero-order valence-corrected chi connectivity index (χ0v) is 24.7. The summed E-state index contributed by atoms with van der Waals surface area (Å²) in [7, 11) is 0. The van der Waals surface area contributed by atoms with E-state index in [-0.39, 0.29) is 6.04 Å². The molecule has 0 amide bonds. The van der Waals surface area contributed by atoms with E-state index in [1.807, 2.05) is 37.3 Å². The second kappa shape index (κ2) is 13.7. The highest BCUT2D eigenvalue weighted by molar-refractivity contribution is 5.44. The molecule has 3 nitrogen and oxygen atoms in total. The van der Waals surface area contributed by atoms with Gasteiger partial charge in [0.1, 0.15) is 0 Å². The van der Waals surface area contributed by atoms with Crippen LogP contribution in [-0.4, -0.2) is 45.9 Å². The van der Waals surface area contributed by atoms with Crippen LogP contribution in [0, 0.1) is 17.8 Å². The lowest BCUT2D eigenvalue weighted by Gasteiger charge is -2.55. The number of likely N-dealkylation sites (tertiary alicyclic amines) is 1. The van der Waals surface area contributed by atoms with E-state index in [1.165, 1.54) is 41.5 Å². The molecule has 214 valence electrons. The van der Waals surface area contributed by atoms with Gasteiger partial charge in [0, 0.05) is 35.7 Å². The third-order valence-corrected chi connectivity index (χ3v) is 9.06. The average Bonchev–Trinajstić information content (AvgIpc) is 3.82. The van der Waals surface area contributed by atoms with Gasteiger partial charge in [0.05, 0.1) is 12.2 Å². The standard InChI is InChI=1S/C38H45NO2/c1-4-36(40)37(41)26-39-28(3)38(34-21-19-30(20-22-34)12-11-29-8-6-5-7-9-29)35(39)23-10-27(2)24-31-13-15-32(16-14-31)25-33-17-18-33/h5-9,13-16,19-22,28,33,35-38,40-41H,2,4,10,17-18,23-26H2,1,3H3/t28-,35?,36?,37?,38-/m1/s1. The van der Waals surface area contributed by atoms with E-state index in [2.05, 4.69) is 78.8 Å². The molecule has 5 rings (SSSR count). The number of hydrogen-bond acceptors (Lipinski definition) is 3. The number of aliphatic hydroxyl groups is 2. The van der Waals surface area contributed by atoms with Crippen LogP contribution in [0.3, 0.4) is 0 Å². The summed E-state index contributed by atoms with van der Waals surface area (Å²) in [5, 5.41) is 20.9. The quantitative estimate of drug-likeness (QED) is 0.191. The molecule has 5 atom stereocenters. The van der Waals surface area contributed by atoms with Crippen LogP contribution in [0.5, 0.6) is 0 Å². The zero-order valence-electron chi connectivity index (χ0n) is 24.7. The van der Waals surface area contributed by atoms with Gasteiger partial charge in [-0.3, -0.25) is 4.90 Å². The van der Waals surface area contributed by atoms with Crippen molar-refractivity contribution in [3.8, 4) is 11.8 Å². The van der Waals surface area contributed by atoms with Gasteiger partial charge in [-0.1, -0.05) is 85.5 Å². The maximum Gasteiger partial charge on any atom is 0.0925 e. The molecule has 1 heterocycles. The van der Waals surface area contributed by atoms with Crippen molar-refractivity contribution in [2.75, 3.05) is 6.54 Å². The van der Waals surface area contributed by atoms with Crippen molar-refractivity contribution in [3.63, 3.8) is 0 Å². The van der Waals surface area contributed by atoms with Gasteiger partial charge in [0.15, 0.2) is 0 Å². The molecule has 0 aromatic heterocycles. The minimum Gasteiger partial charge on any atom is -0.390 e. The molecule has 1 aliphatic carbocycles. The number of aliphatic hydroxyl groups excluding tert-OH is 2. The van der Waals surface area contributed by atoms with Crippen molar-refractivity contribution < 1.29 is 10.2 Å². The molecule has 1 saturated heterocycles. The topological polar surface area (TPSA) is 43.7 Å². The largest absolute Gasteiger partial charge is 0.390 e. The zero-order chi connectivity index (χ0) is 28.8. The molecule has 3 unspecified atom stereocenters. The first kappa shape index (κ1) is 29.3. The van der Waals surface area contributed by atoms with Crippen LogP contribution < -0.4 is 0 Å². The number of benzene rings is 3. The van der Waals surface area contributed by atoms with E-state index >= 15 is 0 Å². The number of nitrogens with zero attached hydrogens (tertiary/aromatic N) is 1. The van der Waals surface area contributed by atoms with Crippen LogP contribution in [0.25, 0.3) is 0 Å². The summed E-state index contributed by atoms with van der Waals surface area (Å²) in [4.78, 5) is 2.39. The van der Waals surface area contributed by atoms with E-state index in [1.54, 1.807) is 0 Å². The van der Waals surface area contributed by atoms with Gasteiger partial charge < -0.3 is 10.2 Å². The van der Waals surface area contributed by atoms with Crippen LogP contribution in [-0.2, 0) is 12.8 Å². The fourth-order valence-electron chi connectivity index (χ4n) is 6.32. The molecule has 3 heteroatoms. The number of hydrogen-bond donors (Lipinski definition) is 2.